The number of carboxylic acids is 1. The molecule has 1 N–H and O–H groups in total. The summed E-state index contributed by atoms with van der Waals surface area (Å²) in [6, 6.07) is 11.3. The van der Waals surface area contributed by atoms with Crippen molar-refractivity contribution in [1.29, 1.82) is 5.26 Å². The van der Waals surface area contributed by atoms with E-state index in [1.807, 2.05) is 6.07 Å². The van der Waals surface area contributed by atoms with Crippen LogP contribution in [0, 0.1) is 11.3 Å². The Labute approximate surface area is 129 Å². The van der Waals surface area contributed by atoms with Gasteiger partial charge in [-0.3, -0.25) is 0 Å². The van der Waals surface area contributed by atoms with Crippen LogP contribution in [-0.2, 0) is 0 Å². The van der Waals surface area contributed by atoms with Gasteiger partial charge in [0.25, 0.3) is 0 Å². The zero-order valence-electron chi connectivity index (χ0n) is 11.0. The van der Waals surface area contributed by atoms with E-state index in [-0.39, 0.29) is 11.3 Å². The summed E-state index contributed by atoms with van der Waals surface area (Å²) < 4.78 is 11.5. The van der Waals surface area contributed by atoms with Crippen molar-refractivity contribution in [2.75, 3.05) is 7.11 Å². The Morgan fingerprint density at radius 3 is 2.57 bits per heavy atom. The third-order valence-electron chi connectivity index (χ3n) is 2.69. The Morgan fingerprint density at radius 2 is 1.95 bits per heavy atom. The molecule has 0 fully saturated rings. The lowest BCUT2D eigenvalue weighted by Gasteiger charge is -2.12. The van der Waals surface area contributed by atoms with Crippen LogP contribution in [0.1, 0.15) is 15.9 Å². The maximum absolute atomic E-state index is 11.2. The van der Waals surface area contributed by atoms with Gasteiger partial charge in [0.1, 0.15) is 11.3 Å². The molecule has 0 atom stereocenters. The number of rotatable bonds is 4. The highest BCUT2D eigenvalue weighted by Gasteiger charge is 2.15. The fraction of sp³-hybridized carbons (Fsp3) is 0.0667. The molecule has 0 bridgehead atoms. The van der Waals surface area contributed by atoms with Crippen molar-refractivity contribution in [1.82, 2.24) is 0 Å². The molecule has 2 aromatic rings. The van der Waals surface area contributed by atoms with E-state index in [1.54, 1.807) is 24.3 Å². The first-order valence-corrected chi connectivity index (χ1v) is 6.63. The van der Waals surface area contributed by atoms with Crippen LogP contribution in [0.5, 0.6) is 17.2 Å². The second kappa shape index (κ2) is 6.29. The van der Waals surface area contributed by atoms with Gasteiger partial charge in [0, 0.05) is 10.5 Å². The quantitative estimate of drug-likeness (QED) is 0.909. The fourth-order valence-corrected chi connectivity index (χ4v) is 2.04. The van der Waals surface area contributed by atoms with Gasteiger partial charge in [0.2, 0.25) is 0 Å². The van der Waals surface area contributed by atoms with Crippen molar-refractivity contribution in [2.24, 2.45) is 0 Å². The molecule has 0 aliphatic heterocycles. The van der Waals surface area contributed by atoms with Crippen LogP contribution < -0.4 is 9.47 Å². The number of halogens is 1. The maximum atomic E-state index is 11.2. The van der Waals surface area contributed by atoms with Gasteiger partial charge in [-0.1, -0.05) is 15.9 Å². The SMILES string of the molecule is COc1cc(C#N)ccc1Oc1cc(Br)ccc1C(=O)O. The summed E-state index contributed by atoms with van der Waals surface area (Å²) in [6.45, 7) is 0. The van der Waals surface area contributed by atoms with E-state index in [0.717, 1.165) is 0 Å². The standard InChI is InChI=1S/C15H10BrNO4/c1-20-14-6-9(8-17)2-5-12(14)21-13-7-10(16)3-4-11(13)15(18)19/h2-7H,1H3,(H,18,19). The lowest BCUT2D eigenvalue weighted by atomic mass is 10.2. The van der Waals surface area contributed by atoms with E-state index >= 15 is 0 Å². The Morgan fingerprint density at radius 1 is 1.19 bits per heavy atom. The van der Waals surface area contributed by atoms with Crippen LogP contribution in [-0.4, -0.2) is 18.2 Å². The maximum Gasteiger partial charge on any atom is 0.339 e. The highest BCUT2D eigenvalue weighted by molar-refractivity contribution is 9.10. The summed E-state index contributed by atoms with van der Waals surface area (Å²) in [4.78, 5) is 11.2. The van der Waals surface area contributed by atoms with Crippen molar-refractivity contribution < 1.29 is 19.4 Å². The number of aromatic carboxylic acids is 1. The molecule has 0 aliphatic rings. The van der Waals surface area contributed by atoms with Gasteiger partial charge in [0.15, 0.2) is 11.5 Å². The van der Waals surface area contributed by atoms with E-state index in [4.69, 9.17) is 14.7 Å². The molecule has 6 heteroatoms. The molecule has 21 heavy (non-hydrogen) atoms. The van der Waals surface area contributed by atoms with Crippen LogP contribution >= 0.6 is 15.9 Å². The predicted octanol–water partition coefficient (Wildman–Crippen LogP) is 3.82. The normalized spacial score (nSPS) is 9.76. The number of nitrogens with zero attached hydrogens (tertiary/aromatic N) is 1. The molecule has 2 aromatic carbocycles. The van der Waals surface area contributed by atoms with Gasteiger partial charge >= 0.3 is 5.97 Å². The smallest absolute Gasteiger partial charge is 0.339 e. The molecule has 2 rings (SSSR count). The average Bonchev–Trinajstić information content (AvgIpc) is 2.47. The van der Waals surface area contributed by atoms with E-state index in [0.29, 0.717) is 21.5 Å². The minimum Gasteiger partial charge on any atom is -0.493 e. The van der Waals surface area contributed by atoms with Gasteiger partial charge in [-0.2, -0.15) is 5.26 Å². The number of hydrogen-bond acceptors (Lipinski definition) is 4. The average molecular weight is 348 g/mol. The van der Waals surface area contributed by atoms with Crippen LogP contribution in [0.4, 0.5) is 0 Å². The molecule has 0 aromatic heterocycles. The number of ether oxygens (including phenoxy) is 2. The van der Waals surface area contributed by atoms with Gasteiger partial charge in [-0.25, -0.2) is 4.79 Å². The first kappa shape index (κ1) is 14.9. The second-order valence-corrected chi connectivity index (χ2v) is 4.94. The van der Waals surface area contributed by atoms with Crippen LogP contribution in [0.3, 0.4) is 0 Å². The molecule has 0 saturated heterocycles. The van der Waals surface area contributed by atoms with Crippen LogP contribution in [0.2, 0.25) is 0 Å². The van der Waals surface area contributed by atoms with Crippen LogP contribution in [0.25, 0.3) is 0 Å². The number of nitriles is 1. The molecule has 106 valence electrons. The zero-order valence-corrected chi connectivity index (χ0v) is 12.5. The number of methoxy groups -OCH3 is 1. The van der Waals surface area contributed by atoms with Crippen molar-refractivity contribution in [2.45, 2.75) is 0 Å². The zero-order chi connectivity index (χ0) is 15.4. The summed E-state index contributed by atoms with van der Waals surface area (Å²) in [5.41, 5.74) is 0.455. The van der Waals surface area contributed by atoms with E-state index in [2.05, 4.69) is 15.9 Å². The largest absolute Gasteiger partial charge is 0.493 e. The van der Waals surface area contributed by atoms with Crippen molar-refractivity contribution in [3.8, 4) is 23.3 Å². The van der Waals surface area contributed by atoms with E-state index < -0.39 is 5.97 Å². The summed E-state index contributed by atoms with van der Waals surface area (Å²) in [5.74, 6) is -0.229. The Kier molecular flexibility index (Phi) is 4.45. The number of carbonyl (C=O) groups is 1. The van der Waals surface area contributed by atoms with E-state index in [1.165, 1.54) is 19.2 Å². The highest BCUT2D eigenvalue weighted by atomic mass is 79.9. The number of benzene rings is 2. The predicted molar refractivity (Wildman–Crippen MR) is 78.9 cm³/mol. The third-order valence-corrected chi connectivity index (χ3v) is 3.18. The molecule has 0 unspecified atom stereocenters. The fourth-order valence-electron chi connectivity index (χ4n) is 1.70. The topological polar surface area (TPSA) is 79.5 Å². The van der Waals surface area contributed by atoms with Crippen molar-refractivity contribution >= 4 is 21.9 Å². The minimum absolute atomic E-state index is 0.0320. The third kappa shape index (κ3) is 3.33. The molecule has 0 aliphatic carbocycles. The first-order chi connectivity index (χ1) is 10.0. The molecular weight excluding hydrogens is 338 g/mol. The van der Waals surface area contributed by atoms with Gasteiger partial charge in [-0.05, 0) is 30.3 Å². The summed E-state index contributed by atoms with van der Waals surface area (Å²) in [7, 11) is 1.45. The Balaban J connectivity index is 2.45. The van der Waals surface area contributed by atoms with Gasteiger partial charge < -0.3 is 14.6 Å². The molecule has 0 radical (unpaired) electrons. The number of hydrogen-bond donors (Lipinski definition) is 1. The second-order valence-electron chi connectivity index (χ2n) is 4.03. The monoisotopic (exact) mass is 347 g/mol. The first-order valence-electron chi connectivity index (χ1n) is 5.84. The van der Waals surface area contributed by atoms with Gasteiger partial charge in [0.05, 0.1) is 18.7 Å². The van der Waals surface area contributed by atoms with E-state index in [9.17, 15) is 9.90 Å². The number of carboxylic acid groups (broad SMARTS) is 1. The molecular formula is C15H10BrNO4. The summed E-state index contributed by atoms with van der Waals surface area (Å²) >= 11 is 3.27. The molecule has 0 saturated carbocycles. The minimum atomic E-state index is -1.09. The Bertz CT molecular complexity index is 737. The molecule has 0 amide bonds. The van der Waals surface area contributed by atoms with Crippen LogP contribution in [0.15, 0.2) is 40.9 Å². The highest BCUT2D eigenvalue weighted by Crippen LogP contribution is 2.35. The molecule has 0 heterocycles. The lowest BCUT2D eigenvalue weighted by Crippen LogP contribution is -2.00. The molecule has 5 nitrogen and oxygen atoms in total. The lowest BCUT2D eigenvalue weighted by molar-refractivity contribution is 0.0694. The van der Waals surface area contributed by atoms with Crippen molar-refractivity contribution in [3.63, 3.8) is 0 Å². The van der Waals surface area contributed by atoms with Gasteiger partial charge in [-0.15, -0.1) is 0 Å². The summed E-state index contributed by atoms with van der Waals surface area (Å²) in [5, 5.41) is 18.0. The summed E-state index contributed by atoms with van der Waals surface area (Å²) in [6.07, 6.45) is 0. The molecule has 0 spiro atoms. The Hall–Kier alpha value is -2.52. The van der Waals surface area contributed by atoms with Crippen molar-refractivity contribution in [3.05, 3.63) is 52.0 Å².